The molecule has 1 radical (unpaired) electrons. The minimum atomic E-state index is 1.20. The van der Waals surface area contributed by atoms with Gasteiger partial charge in [0.1, 0.15) is 0 Å². The summed E-state index contributed by atoms with van der Waals surface area (Å²) < 4.78 is 0. The predicted octanol–water partition coefficient (Wildman–Crippen LogP) is 4.10. The zero-order chi connectivity index (χ0) is 10.3. The third-order valence-corrected chi connectivity index (χ3v) is 2.96. The second-order valence-electron chi connectivity index (χ2n) is 3.85. The first-order valence-electron chi connectivity index (χ1n) is 5.15. The van der Waals surface area contributed by atoms with Gasteiger partial charge in [0.25, 0.3) is 0 Å². The van der Waals surface area contributed by atoms with Gasteiger partial charge in [-0.3, -0.25) is 0 Å². The topological polar surface area (TPSA) is 0 Å². The molecule has 0 saturated carbocycles. The van der Waals surface area contributed by atoms with Crippen LogP contribution in [0.5, 0.6) is 0 Å². The molecular formula is C15H11. The second-order valence-corrected chi connectivity index (χ2v) is 3.85. The number of aryl methyl sites for hydroxylation is 1. The predicted molar refractivity (Wildman–Crippen MR) is 65.0 cm³/mol. The molecule has 0 heteroatoms. The van der Waals surface area contributed by atoms with Gasteiger partial charge < -0.3 is 0 Å². The first kappa shape index (κ1) is 8.49. The zero-order valence-electron chi connectivity index (χ0n) is 8.62. The van der Waals surface area contributed by atoms with Crippen molar-refractivity contribution in [3.8, 4) is 0 Å². The van der Waals surface area contributed by atoms with Crippen molar-refractivity contribution >= 4 is 21.5 Å². The van der Waals surface area contributed by atoms with Crippen LogP contribution in [-0.4, -0.2) is 0 Å². The first-order valence-corrected chi connectivity index (χ1v) is 5.15. The van der Waals surface area contributed by atoms with Gasteiger partial charge in [0.05, 0.1) is 0 Å². The van der Waals surface area contributed by atoms with Crippen molar-refractivity contribution < 1.29 is 0 Å². The molecule has 15 heavy (non-hydrogen) atoms. The van der Waals surface area contributed by atoms with E-state index in [2.05, 4.69) is 49.4 Å². The highest BCUT2D eigenvalue weighted by Gasteiger charge is 2.01. The standard InChI is InChI=1S/C15H11/c1-11-14-8-4-2-6-12(14)10-13-7-3-5-9-15(11)13/h2-6,8-10H,1H3. The van der Waals surface area contributed by atoms with Gasteiger partial charge in [-0.15, -0.1) is 0 Å². The van der Waals surface area contributed by atoms with Gasteiger partial charge >= 0.3 is 0 Å². The van der Waals surface area contributed by atoms with E-state index in [1.54, 1.807) is 0 Å². The first-order chi connectivity index (χ1) is 7.36. The van der Waals surface area contributed by atoms with Crippen LogP contribution in [0.3, 0.4) is 0 Å². The average molecular weight is 191 g/mol. The minimum Gasteiger partial charge on any atom is -0.0616 e. The van der Waals surface area contributed by atoms with E-state index in [4.69, 9.17) is 0 Å². The lowest BCUT2D eigenvalue weighted by Gasteiger charge is -2.06. The Balaban J connectivity index is 2.60. The van der Waals surface area contributed by atoms with E-state index in [-0.39, 0.29) is 0 Å². The van der Waals surface area contributed by atoms with Crippen molar-refractivity contribution in [1.82, 2.24) is 0 Å². The van der Waals surface area contributed by atoms with Gasteiger partial charge in [-0.25, -0.2) is 0 Å². The minimum absolute atomic E-state index is 1.20. The fraction of sp³-hybridized carbons (Fsp3) is 0.0667. The van der Waals surface area contributed by atoms with Crippen LogP contribution in [0.25, 0.3) is 21.5 Å². The Morgan fingerprint density at radius 3 is 2.67 bits per heavy atom. The summed E-state index contributed by atoms with van der Waals surface area (Å²) in [6.07, 6.45) is 0. The van der Waals surface area contributed by atoms with Crippen molar-refractivity contribution in [2.24, 2.45) is 0 Å². The Kier molecular flexibility index (Phi) is 1.75. The van der Waals surface area contributed by atoms with Gasteiger partial charge in [-0.2, -0.15) is 0 Å². The Morgan fingerprint density at radius 1 is 0.933 bits per heavy atom. The lowest BCUT2D eigenvalue weighted by molar-refractivity contribution is 1.58. The van der Waals surface area contributed by atoms with Crippen LogP contribution in [0.2, 0.25) is 0 Å². The number of benzene rings is 3. The summed E-state index contributed by atoms with van der Waals surface area (Å²) in [5, 5.41) is 5.14. The maximum atomic E-state index is 3.28. The summed E-state index contributed by atoms with van der Waals surface area (Å²) in [5.41, 5.74) is 1.35. The number of fused-ring (bicyclic) bond motifs is 2. The Hall–Kier alpha value is -1.82. The van der Waals surface area contributed by atoms with E-state index in [1.807, 2.05) is 12.1 Å². The molecule has 3 aromatic carbocycles. The monoisotopic (exact) mass is 191 g/mol. The Labute approximate surface area is 89.2 Å². The van der Waals surface area contributed by atoms with E-state index >= 15 is 0 Å². The lowest BCUT2D eigenvalue weighted by atomic mass is 9.98. The molecule has 0 aromatic heterocycles. The zero-order valence-corrected chi connectivity index (χ0v) is 8.62. The molecule has 0 bridgehead atoms. The number of hydrogen-bond donors (Lipinski definition) is 0. The highest BCUT2D eigenvalue weighted by molar-refractivity contribution is 6.01. The van der Waals surface area contributed by atoms with Crippen molar-refractivity contribution in [1.29, 1.82) is 0 Å². The molecule has 0 aliphatic rings. The average Bonchev–Trinajstić information content (AvgIpc) is 2.30. The molecule has 0 amide bonds. The van der Waals surface area contributed by atoms with E-state index in [0.717, 1.165) is 0 Å². The van der Waals surface area contributed by atoms with Crippen LogP contribution in [0.4, 0.5) is 0 Å². The summed E-state index contributed by atoms with van der Waals surface area (Å²) in [4.78, 5) is 0. The van der Waals surface area contributed by atoms with Gasteiger partial charge in [-0.1, -0.05) is 42.5 Å². The van der Waals surface area contributed by atoms with Gasteiger partial charge in [-0.05, 0) is 46.2 Å². The Bertz CT molecular complexity index is 582. The van der Waals surface area contributed by atoms with Crippen LogP contribution >= 0.6 is 0 Å². The van der Waals surface area contributed by atoms with E-state index < -0.39 is 0 Å². The van der Waals surface area contributed by atoms with Gasteiger partial charge in [0.15, 0.2) is 0 Å². The van der Waals surface area contributed by atoms with E-state index in [0.29, 0.717) is 0 Å². The van der Waals surface area contributed by atoms with Crippen molar-refractivity contribution in [3.05, 3.63) is 60.2 Å². The third-order valence-electron chi connectivity index (χ3n) is 2.96. The molecule has 0 unspecified atom stereocenters. The fourth-order valence-electron chi connectivity index (χ4n) is 2.16. The smallest absolute Gasteiger partial charge is 0.00961 e. The fourth-order valence-corrected chi connectivity index (χ4v) is 2.16. The maximum Gasteiger partial charge on any atom is -0.00961 e. The molecule has 0 aliphatic heterocycles. The van der Waals surface area contributed by atoms with Crippen LogP contribution in [0.1, 0.15) is 5.56 Å². The van der Waals surface area contributed by atoms with Crippen molar-refractivity contribution in [2.75, 3.05) is 0 Å². The van der Waals surface area contributed by atoms with Crippen molar-refractivity contribution in [3.63, 3.8) is 0 Å². The molecule has 0 nitrogen and oxygen atoms in total. The largest absolute Gasteiger partial charge is 0.0616 e. The highest BCUT2D eigenvalue weighted by atomic mass is 14.1. The summed E-state index contributed by atoms with van der Waals surface area (Å²) in [7, 11) is 0. The molecular weight excluding hydrogens is 180 g/mol. The van der Waals surface area contributed by atoms with Gasteiger partial charge in [0.2, 0.25) is 0 Å². The molecule has 0 aliphatic carbocycles. The molecule has 0 atom stereocenters. The van der Waals surface area contributed by atoms with Crippen LogP contribution in [0.15, 0.2) is 48.5 Å². The summed E-state index contributed by atoms with van der Waals surface area (Å²) in [6.45, 7) is 2.18. The van der Waals surface area contributed by atoms with Crippen LogP contribution in [0, 0.1) is 13.0 Å². The molecule has 0 N–H and O–H groups in total. The lowest BCUT2D eigenvalue weighted by Crippen LogP contribution is -1.82. The van der Waals surface area contributed by atoms with Crippen LogP contribution < -0.4 is 0 Å². The summed E-state index contributed by atoms with van der Waals surface area (Å²) in [5.74, 6) is 0. The highest BCUT2D eigenvalue weighted by Crippen LogP contribution is 2.26. The quantitative estimate of drug-likeness (QED) is 0.469. The molecule has 3 rings (SSSR count). The summed E-state index contributed by atoms with van der Waals surface area (Å²) >= 11 is 0. The molecule has 0 saturated heterocycles. The molecule has 0 fully saturated rings. The van der Waals surface area contributed by atoms with Crippen LogP contribution in [-0.2, 0) is 0 Å². The van der Waals surface area contributed by atoms with Crippen molar-refractivity contribution in [2.45, 2.75) is 6.92 Å². The second kappa shape index (κ2) is 3.09. The SMILES string of the molecule is Cc1c2ccc[c]c2cc2ccccc12. The van der Waals surface area contributed by atoms with E-state index in [1.165, 1.54) is 27.1 Å². The maximum absolute atomic E-state index is 3.28. The summed E-state index contributed by atoms with van der Waals surface area (Å²) in [6, 6.07) is 20.2. The van der Waals surface area contributed by atoms with E-state index in [9.17, 15) is 0 Å². The molecule has 71 valence electrons. The number of rotatable bonds is 0. The third kappa shape index (κ3) is 1.22. The molecule has 3 aromatic rings. The normalized spacial score (nSPS) is 11.0. The molecule has 0 spiro atoms. The molecule has 0 heterocycles. The Morgan fingerprint density at radius 2 is 1.73 bits per heavy atom. The number of hydrogen-bond acceptors (Lipinski definition) is 0. The van der Waals surface area contributed by atoms with Gasteiger partial charge in [0, 0.05) is 0 Å².